The molecule has 0 spiro atoms. The molecule has 4 atom stereocenters. The zero-order chi connectivity index (χ0) is 9.72. The second kappa shape index (κ2) is 5.45. The van der Waals surface area contributed by atoms with Gasteiger partial charge < -0.3 is 25.5 Å². The van der Waals surface area contributed by atoms with Gasteiger partial charge in [-0.15, -0.1) is 0 Å². The Morgan fingerprint density at radius 1 is 0.917 bits per heavy atom. The monoisotopic (exact) mass is 180 g/mol. The zero-order valence-corrected chi connectivity index (χ0v) is 6.96. The van der Waals surface area contributed by atoms with Gasteiger partial charge in [0.2, 0.25) is 0 Å². The van der Waals surface area contributed by atoms with Crippen molar-refractivity contribution in [2.75, 3.05) is 13.2 Å². The maximum Gasteiger partial charge on any atom is 0.103 e. The van der Waals surface area contributed by atoms with Gasteiger partial charge in [-0.05, 0) is 0 Å². The second-order valence-corrected chi connectivity index (χ2v) is 2.85. The summed E-state index contributed by atoms with van der Waals surface area (Å²) in [5, 5.41) is 44.2. The van der Waals surface area contributed by atoms with E-state index in [1.165, 1.54) is 6.92 Å². The average molecular weight is 180 g/mol. The Bertz CT molecular complexity index is 104. The van der Waals surface area contributed by atoms with E-state index in [4.69, 9.17) is 20.4 Å². The van der Waals surface area contributed by atoms with Crippen molar-refractivity contribution in [1.29, 1.82) is 0 Å². The van der Waals surface area contributed by atoms with Crippen LogP contribution in [0.2, 0.25) is 0 Å². The summed E-state index contributed by atoms with van der Waals surface area (Å²) in [4.78, 5) is 0. The van der Waals surface area contributed by atoms with E-state index in [1.807, 2.05) is 0 Å². The Hall–Kier alpha value is -0.200. The van der Waals surface area contributed by atoms with Gasteiger partial charge in [0.15, 0.2) is 0 Å². The Balaban J connectivity index is 3.99. The molecule has 0 aliphatic rings. The van der Waals surface area contributed by atoms with Crippen LogP contribution in [0.3, 0.4) is 0 Å². The Morgan fingerprint density at radius 3 is 1.67 bits per heavy atom. The van der Waals surface area contributed by atoms with E-state index < -0.39 is 37.4 Å². The Labute approximate surface area is 70.9 Å². The summed E-state index contributed by atoms with van der Waals surface area (Å²) in [6.07, 6.45) is -3.58. The summed E-state index contributed by atoms with van der Waals surface area (Å²) in [5.74, 6) is -0.669. The smallest absolute Gasteiger partial charge is 0.103 e. The third kappa shape index (κ3) is 3.04. The van der Waals surface area contributed by atoms with Crippen molar-refractivity contribution in [2.45, 2.75) is 25.2 Å². The lowest BCUT2D eigenvalue weighted by Crippen LogP contribution is -2.41. The number of rotatable bonds is 5. The van der Waals surface area contributed by atoms with E-state index in [2.05, 4.69) is 0 Å². The van der Waals surface area contributed by atoms with Gasteiger partial charge in [0.05, 0.1) is 25.4 Å². The van der Waals surface area contributed by atoms with Crippen LogP contribution >= 0.6 is 0 Å². The summed E-state index contributed by atoms with van der Waals surface area (Å²) in [5.41, 5.74) is 0. The molecule has 74 valence electrons. The first kappa shape index (κ1) is 11.8. The molecule has 0 heterocycles. The van der Waals surface area contributed by atoms with Crippen molar-refractivity contribution < 1.29 is 25.5 Å². The molecule has 0 rings (SSSR count). The molecule has 0 aliphatic carbocycles. The van der Waals surface area contributed by atoms with Crippen LogP contribution in [0.1, 0.15) is 6.92 Å². The molecule has 0 bridgehead atoms. The first-order valence-corrected chi connectivity index (χ1v) is 3.80. The normalized spacial score (nSPS) is 21.5. The SMILES string of the molecule is C[C@@H]([C@H](O)[C@H](O)CO)[C@H](O)CO. The van der Waals surface area contributed by atoms with Crippen LogP contribution < -0.4 is 0 Å². The molecule has 0 aromatic carbocycles. The lowest BCUT2D eigenvalue weighted by atomic mass is 9.95. The fourth-order valence-electron chi connectivity index (χ4n) is 0.852. The summed E-state index contributed by atoms with van der Waals surface area (Å²) in [6, 6.07) is 0. The van der Waals surface area contributed by atoms with Gasteiger partial charge in [-0.2, -0.15) is 0 Å². The van der Waals surface area contributed by atoms with Gasteiger partial charge >= 0.3 is 0 Å². The fraction of sp³-hybridized carbons (Fsp3) is 1.00. The van der Waals surface area contributed by atoms with E-state index in [9.17, 15) is 5.11 Å². The largest absolute Gasteiger partial charge is 0.394 e. The predicted octanol–water partition coefficient (Wildman–Crippen LogP) is -2.31. The number of hydrogen-bond acceptors (Lipinski definition) is 5. The first-order chi connectivity index (χ1) is 5.54. The quantitative estimate of drug-likeness (QED) is 0.327. The molecule has 0 saturated heterocycles. The van der Waals surface area contributed by atoms with Crippen LogP contribution in [-0.2, 0) is 0 Å². The van der Waals surface area contributed by atoms with Crippen LogP contribution in [0.25, 0.3) is 0 Å². The van der Waals surface area contributed by atoms with Crippen LogP contribution in [0.15, 0.2) is 0 Å². The van der Waals surface area contributed by atoms with E-state index in [1.54, 1.807) is 0 Å². The molecule has 0 amide bonds. The van der Waals surface area contributed by atoms with Crippen molar-refractivity contribution >= 4 is 0 Å². The van der Waals surface area contributed by atoms with Gasteiger partial charge in [-0.1, -0.05) is 6.92 Å². The number of hydrogen-bond donors (Lipinski definition) is 5. The average Bonchev–Trinajstić information content (AvgIpc) is 2.12. The highest BCUT2D eigenvalue weighted by Gasteiger charge is 2.27. The lowest BCUT2D eigenvalue weighted by Gasteiger charge is -2.25. The molecule has 5 N–H and O–H groups in total. The molecular formula is C7H16O5. The predicted molar refractivity (Wildman–Crippen MR) is 41.4 cm³/mol. The van der Waals surface area contributed by atoms with Crippen LogP contribution in [0.5, 0.6) is 0 Å². The van der Waals surface area contributed by atoms with Crippen LogP contribution in [0.4, 0.5) is 0 Å². The maximum absolute atomic E-state index is 9.21. The molecule has 0 saturated carbocycles. The third-order valence-electron chi connectivity index (χ3n) is 1.91. The van der Waals surface area contributed by atoms with E-state index in [0.717, 1.165) is 0 Å². The van der Waals surface area contributed by atoms with Crippen molar-refractivity contribution in [3.63, 3.8) is 0 Å². The Kier molecular flexibility index (Phi) is 5.36. The van der Waals surface area contributed by atoms with E-state index >= 15 is 0 Å². The topological polar surface area (TPSA) is 101 Å². The molecule has 0 unspecified atom stereocenters. The third-order valence-corrected chi connectivity index (χ3v) is 1.91. The van der Waals surface area contributed by atoms with E-state index in [-0.39, 0.29) is 0 Å². The lowest BCUT2D eigenvalue weighted by molar-refractivity contribution is -0.0780. The van der Waals surface area contributed by atoms with E-state index in [0.29, 0.717) is 0 Å². The molecule has 0 aromatic rings. The highest BCUT2D eigenvalue weighted by molar-refractivity contribution is 4.77. The number of aliphatic hydroxyl groups is 5. The zero-order valence-electron chi connectivity index (χ0n) is 6.96. The van der Waals surface area contributed by atoms with Gasteiger partial charge in [-0.3, -0.25) is 0 Å². The minimum Gasteiger partial charge on any atom is -0.394 e. The van der Waals surface area contributed by atoms with Gasteiger partial charge in [0.25, 0.3) is 0 Å². The van der Waals surface area contributed by atoms with Crippen LogP contribution in [-0.4, -0.2) is 57.1 Å². The molecule has 0 aliphatic heterocycles. The maximum atomic E-state index is 9.21. The number of aliphatic hydroxyl groups excluding tert-OH is 5. The van der Waals surface area contributed by atoms with Crippen molar-refractivity contribution in [3.05, 3.63) is 0 Å². The molecule has 0 aromatic heterocycles. The summed E-state index contributed by atoms with van der Waals surface area (Å²) in [6.45, 7) is 0.435. The minimum absolute atomic E-state index is 0.476. The standard InChI is InChI=1S/C7H16O5/c1-4(5(10)2-8)7(12)6(11)3-9/h4-12H,2-3H2,1H3/t4-,5-,6-,7+/m1/s1. The minimum atomic E-state index is -1.28. The molecule has 12 heavy (non-hydrogen) atoms. The Morgan fingerprint density at radius 2 is 1.33 bits per heavy atom. The van der Waals surface area contributed by atoms with Crippen LogP contribution in [0, 0.1) is 5.92 Å². The van der Waals surface area contributed by atoms with Gasteiger partial charge in [-0.25, -0.2) is 0 Å². The summed E-state index contributed by atoms with van der Waals surface area (Å²) in [7, 11) is 0. The summed E-state index contributed by atoms with van der Waals surface area (Å²) >= 11 is 0. The highest BCUT2D eigenvalue weighted by Crippen LogP contribution is 2.11. The summed E-state index contributed by atoms with van der Waals surface area (Å²) < 4.78 is 0. The molecule has 5 nitrogen and oxygen atoms in total. The van der Waals surface area contributed by atoms with Crippen molar-refractivity contribution in [2.24, 2.45) is 5.92 Å². The highest BCUT2D eigenvalue weighted by atomic mass is 16.4. The first-order valence-electron chi connectivity index (χ1n) is 3.80. The fourth-order valence-corrected chi connectivity index (χ4v) is 0.852. The molecule has 0 radical (unpaired) electrons. The molecule has 0 fully saturated rings. The van der Waals surface area contributed by atoms with Gasteiger partial charge in [0, 0.05) is 5.92 Å². The van der Waals surface area contributed by atoms with Crippen molar-refractivity contribution in [3.8, 4) is 0 Å². The van der Waals surface area contributed by atoms with Gasteiger partial charge in [0.1, 0.15) is 6.10 Å². The van der Waals surface area contributed by atoms with Crippen molar-refractivity contribution in [1.82, 2.24) is 0 Å². The molecular weight excluding hydrogens is 164 g/mol. The second-order valence-electron chi connectivity index (χ2n) is 2.85. The molecule has 5 heteroatoms.